The van der Waals surface area contributed by atoms with E-state index in [0.717, 1.165) is 87.9 Å². The fourth-order valence-corrected chi connectivity index (χ4v) is 8.67. The number of carboxylic acid groups (broad SMARTS) is 1. The molecule has 41 heavy (non-hydrogen) atoms. The highest BCUT2D eigenvalue weighted by Gasteiger charge is 2.44. The molecule has 6 heteroatoms. The number of fused-ring (bicyclic) bond motifs is 1. The standard InChI is InChI=1S/C35H46FN3O2/c1-2-9-33-37-31-22-28(36)14-15-32(31)39(33)29-16-18-38(19-17-29)23-27-20-26(21-30(27)24-10-5-3-6-11-24)34(35(40)41)25-12-7-4-8-13-25/h3,5-6,10-11,14-15,22,25-27,29-30,34H,2,4,7-9,12-13,16-21,23H2,1H3,(H,40,41). The molecule has 3 aromatic rings. The van der Waals surface area contributed by atoms with Crippen LogP contribution in [-0.4, -0.2) is 45.2 Å². The average molecular weight is 560 g/mol. The molecule has 2 aliphatic carbocycles. The van der Waals surface area contributed by atoms with Crippen LogP contribution in [0.4, 0.5) is 4.39 Å². The van der Waals surface area contributed by atoms with E-state index in [-0.39, 0.29) is 17.7 Å². The second-order valence-corrected chi connectivity index (χ2v) is 13.1. The lowest BCUT2D eigenvalue weighted by molar-refractivity contribution is -0.146. The molecule has 6 rings (SSSR count). The number of likely N-dealkylation sites (tertiary alicyclic amines) is 1. The van der Waals surface area contributed by atoms with E-state index in [1.807, 2.05) is 6.07 Å². The molecular formula is C35H46FN3O2. The Hall–Kier alpha value is -2.73. The van der Waals surface area contributed by atoms with Gasteiger partial charge in [0.05, 0.1) is 17.0 Å². The first-order valence-corrected chi connectivity index (χ1v) is 16.2. The van der Waals surface area contributed by atoms with Crippen LogP contribution in [0.2, 0.25) is 0 Å². The Labute approximate surface area is 244 Å². The smallest absolute Gasteiger partial charge is 0.307 e. The molecule has 3 fully saturated rings. The molecule has 1 saturated heterocycles. The van der Waals surface area contributed by atoms with Gasteiger partial charge in [0, 0.05) is 38.2 Å². The Morgan fingerprint density at radius 3 is 2.46 bits per heavy atom. The number of aromatic nitrogens is 2. The van der Waals surface area contributed by atoms with Gasteiger partial charge in [-0.3, -0.25) is 4.79 Å². The maximum absolute atomic E-state index is 13.9. The topological polar surface area (TPSA) is 58.4 Å². The molecule has 1 aromatic heterocycles. The van der Waals surface area contributed by atoms with Gasteiger partial charge in [0.25, 0.3) is 0 Å². The van der Waals surface area contributed by atoms with Crippen molar-refractivity contribution in [3.8, 4) is 0 Å². The van der Waals surface area contributed by atoms with Crippen LogP contribution >= 0.6 is 0 Å². The highest BCUT2D eigenvalue weighted by molar-refractivity contribution is 5.76. The van der Waals surface area contributed by atoms with Gasteiger partial charge in [-0.05, 0) is 86.3 Å². The van der Waals surface area contributed by atoms with E-state index in [4.69, 9.17) is 4.98 Å². The van der Waals surface area contributed by atoms with Crippen LogP contribution in [0.15, 0.2) is 48.5 Å². The molecule has 2 aromatic carbocycles. The van der Waals surface area contributed by atoms with Gasteiger partial charge < -0.3 is 14.6 Å². The average Bonchev–Trinajstić information content (AvgIpc) is 3.55. The Balaban J connectivity index is 1.17. The number of nitrogens with zero attached hydrogens (tertiary/aromatic N) is 3. The molecule has 220 valence electrons. The van der Waals surface area contributed by atoms with Crippen LogP contribution in [-0.2, 0) is 11.2 Å². The van der Waals surface area contributed by atoms with Crippen molar-refractivity contribution in [2.75, 3.05) is 19.6 Å². The number of hydrogen-bond acceptors (Lipinski definition) is 3. The highest BCUT2D eigenvalue weighted by atomic mass is 19.1. The Morgan fingerprint density at radius 2 is 1.76 bits per heavy atom. The summed E-state index contributed by atoms with van der Waals surface area (Å²) in [5.74, 6) is 1.60. The van der Waals surface area contributed by atoms with E-state index in [1.54, 1.807) is 12.1 Å². The van der Waals surface area contributed by atoms with Gasteiger partial charge in [-0.2, -0.15) is 0 Å². The summed E-state index contributed by atoms with van der Waals surface area (Å²) in [6, 6.07) is 16.3. The number of carbonyl (C=O) groups is 1. The number of aliphatic carboxylic acids is 1. The van der Waals surface area contributed by atoms with Crippen molar-refractivity contribution >= 4 is 17.0 Å². The molecule has 0 radical (unpaired) electrons. The molecule has 0 amide bonds. The molecule has 0 bridgehead atoms. The van der Waals surface area contributed by atoms with Gasteiger partial charge in [-0.25, -0.2) is 9.37 Å². The van der Waals surface area contributed by atoms with Crippen LogP contribution in [0.3, 0.4) is 0 Å². The number of halogens is 1. The molecule has 5 nitrogen and oxygen atoms in total. The van der Waals surface area contributed by atoms with E-state index in [0.29, 0.717) is 23.8 Å². The van der Waals surface area contributed by atoms with Crippen molar-refractivity contribution in [3.63, 3.8) is 0 Å². The minimum Gasteiger partial charge on any atom is -0.481 e. The minimum atomic E-state index is -0.564. The van der Waals surface area contributed by atoms with Gasteiger partial charge in [-0.15, -0.1) is 0 Å². The third-order valence-corrected chi connectivity index (χ3v) is 10.5. The zero-order valence-electron chi connectivity index (χ0n) is 24.6. The molecule has 1 aliphatic heterocycles. The number of carboxylic acids is 1. The Kier molecular flexibility index (Phi) is 8.76. The van der Waals surface area contributed by atoms with Crippen molar-refractivity contribution in [1.82, 2.24) is 14.5 Å². The van der Waals surface area contributed by atoms with Crippen LogP contribution in [0.1, 0.15) is 94.5 Å². The van der Waals surface area contributed by atoms with Crippen LogP contribution in [0.25, 0.3) is 11.0 Å². The zero-order valence-corrected chi connectivity index (χ0v) is 24.6. The van der Waals surface area contributed by atoms with Crippen LogP contribution < -0.4 is 0 Å². The van der Waals surface area contributed by atoms with Crippen molar-refractivity contribution in [2.45, 2.75) is 89.5 Å². The molecule has 4 unspecified atom stereocenters. The lowest BCUT2D eigenvalue weighted by atomic mass is 9.73. The molecule has 2 saturated carbocycles. The number of benzene rings is 2. The predicted octanol–water partition coefficient (Wildman–Crippen LogP) is 7.86. The normalized spacial score (nSPS) is 25.6. The summed E-state index contributed by atoms with van der Waals surface area (Å²) in [7, 11) is 0. The third-order valence-electron chi connectivity index (χ3n) is 10.5. The maximum atomic E-state index is 13.9. The molecule has 3 aliphatic rings. The molecule has 4 atom stereocenters. The van der Waals surface area contributed by atoms with E-state index < -0.39 is 5.97 Å². The van der Waals surface area contributed by atoms with E-state index in [1.165, 1.54) is 24.8 Å². The van der Waals surface area contributed by atoms with E-state index in [9.17, 15) is 14.3 Å². The first kappa shape index (κ1) is 28.4. The second kappa shape index (κ2) is 12.6. The lowest BCUT2D eigenvalue weighted by Crippen LogP contribution is -2.38. The second-order valence-electron chi connectivity index (χ2n) is 13.1. The Morgan fingerprint density at radius 1 is 1.00 bits per heavy atom. The van der Waals surface area contributed by atoms with Crippen LogP contribution in [0.5, 0.6) is 0 Å². The van der Waals surface area contributed by atoms with Gasteiger partial charge in [0.2, 0.25) is 0 Å². The summed E-state index contributed by atoms with van der Waals surface area (Å²) in [5, 5.41) is 10.4. The first-order valence-electron chi connectivity index (χ1n) is 16.2. The molecule has 1 N–H and O–H groups in total. The van der Waals surface area contributed by atoms with E-state index in [2.05, 4.69) is 46.7 Å². The fraction of sp³-hybridized carbons (Fsp3) is 0.600. The van der Waals surface area contributed by atoms with Gasteiger partial charge in [0.1, 0.15) is 11.6 Å². The minimum absolute atomic E-state index is 0.200. The molecule has 2 heterocycles. The van der Waals surface area contributed by atoms with Gasteiger partial charge in [-0.1, -0.05) is 56.5 Å². The number of imidazole rings is 1. The molecule has 0 spiro atoms. The molecular weight excluding hydrogens is 513 g/mol. The number of rotatable bonds is 9. The quantitative estimate of drug-likeness (QED) is 0.290. The van der Waals surface area contributed by atoms with Crippen molar-refractivity contribution in [3.05, 3.63) is 65.7 Å². The highest BCUT2D eigenvalue weighted by Crippen LogP contribution is 2.50. The predicted molar refractivity (Wildman–Crippen MR) is 161 cm³/mol. The zero-order chi connectivity index (χ0) is 28.3. The van der Waals surface area contributed by atoms with Gasteiger partial charge in [0.15, 0.2) is 0 Å². The third kappa shape index (κ3) is 6.09. The maximum Gasteiger partial charge on any atom is 0.307 e. The summed E-state index contributed by atoms with van der Waals surface area (Å²) in [4.78, 5) is 20.1. The first-order chi connectivity index (χ1) is 20.0. The van der Waals surface area contributed by atoms with Crippen molar-refractivity contribution in [2.24, 2.45) is 23.7 Å². The summed E-state index contributed by atoms with van der Waals surface area (Å²) >= 11 is 0. The Bertz CT molecular complexity index is 1310. The fourth-order valence-electron chi connectivity index (χ4n) is 8.67. The summed E-state index contributed by atoms with van der Waals surface area (Å²) in [6.45, 7) is 5.28. The number of piperidine rings is 1. The van der Waals surface area contributed by atoms with Gasteiger partial charge >= 0.3 is 5.97 Å². The van der Waals surface area contributed by atoms with Crippen molar-refractivity contribution < 1.29 is 14.3 Å². The number of hydrogen-bond donors (Lipinski definition) is 1. The van der Waals surface area contributed by atoms with Crippen LogP contribution in [0, 0.1) is 29.5 Å². The summed E-state index contributed by atoms with van der Waals surface area (Å²) < 4.78 is 16.3. The summed E-state index contributed by atoms with van der Waals surface area (Å²) in [5.41, 5.74) is 3.20. The summed E-state index contributed by atoms with van der Waals surface area (Å²) in [6.07, 6.45) is 11.8. The van der Waals surface area contributed by atoms with E-state index >= 15 is 0 Å². The monoisotopic (exact) mass is 559 g/mol. The lowest BCUT2D eigenvalue weighted by Gasteiger charge is -2.36. The SMILES string of the molecule is CCCc1nc2cc(F)ccc2n1C1CCN(CC2CC(C(C(=O)O)C3CCCCC3)CC2c2ccccc2)CC1. The number of aryl methyl sites for hydroxylation is 1. The van der Waals surface area contributed by atoms with Crippen molar-refractivity contribution in [1.29, 1.82) is 0 Å². The largest absolute Gasteiger partial charge is 0.481 e.